The summed E-state index contributed by atoms with van der Waals surface area (Å²) in [4.78, 5) is 89.0. The van der Waals surface area contributed by atoms with E-state index >= 15 is 4.39 Å². The number of aliphatic hydroxyl groups excluding tert-OH is 1. The molecule has 0 unspecified atom stereocenters. The Bertz CT molecular complexity index is 3800. The smallest absolute Gasteiger partial charge is 0.355 e. The van der Waals surface area contributed by atoms with Crippen LogP contribution in [0.1, 0.15) is 148 Å². The number of aromatic carboxylic acids is 1. The number of halogens is 1. The van der Waals surface area contributed by atoms with Gasteiger partial charge in [0.1, 0.15) is 12.1 Å². The first-order chi connectivity index (χ1) is 44.9. The standard InChI is InChI=1S/C69H83FN12O8S3/c1-44-50-20-17-33-81(63(50)78-77-62(44)76-67-73-52-21-14-15-22-55(52)92-67)68-75-59(66(88)89)56(93-68)23-18-38-90-54-31-28-46(39-51(54)70)19-16-32-79-34-36-80(37-35-79)58(85)25-13-11-9-7-6-8-10-12-24-57(84)74-61(69(3,4)5)65(87)82-42-49(83)40-53(82)64(86)71-41-47-26-29-48(30-27-47)60-45(2)72-43-91-60/h14-15,21-22,26-31,39,43,49,53,61,83H,6-13,17-18,20,23-25,32-38,40-42H2,1-5H3,(H,71,86)(H,74,84)(H,88,89)(H,73,76,77)/t49-,53+,61-/m1/s1. The van der Waals surface area contributed by atoms with E-state index in [1.807, 2.05) is 98.5 Å². The number of β-amino-alcohol motifs (C(OH)–C–C–N with tert-alkyl or cyclic N) is 1. The molecule has 492 valence electrons. The average molecular weight is 1320 g/mol. The Morgan fingerprint density at radius 2 is 1.60 bits per heavy atom. The fourth-order valence-electron chi connectivity index (χ4n) is 12.0. The van der Waals surface area contributed by atoms with Crippen LogP contribution in [-0.2, 0) is 38.6 Å². The number of anilines is 4. The van der Waals surface area contributed by atoms with Crippen LogP contribution in [0, 0.1) is 36.9 Å². The SMILES string of the molecule is Cc1ncsc1-c1ccc(CNC(=O)[C@@H]2C[C@@H](O)CN2C(=O)[C@@H](NC(=O)CCCCCCCCCCC(=O)N2CCN(CC#Cc3ccc(OCCCc4sc(N5CCCc6c5nnc(Nc5nc7ccccc7s5)c6C)nc4C(=O)O)c(F)c3)CC2)C(C)(C)C)cc1. The number of nitrogens with one attached hydrogen (secondary N) is 3. The third-order valence-corrected chi connectivity index (χ3v) is 20.3. The number of amides is 4. The molecule has 3 aliphatic rings. The number of carboxylic acid groups (broad SMARTS) is 1. The number of hydrogen-bond donors (Lipinski definition) is 5. The Morgan fingerprint density at radius 3 is 2.31 bits per heavy atom. The first kappa shape index (κ1) is 67.9. The zero-order valence-electron chi connectivity index (χ0n) is 53.6. The molecule has 0 bridgehead atoms. The molecule has 0 saturated carbocycles. The number of hydrogen-bond acceptors (Lipinski definition) is 18. The Kier molecular flexibility index (Phi) is 23.2. The molecule has 7 heterocycles. The maximum atomic E-state index is 15.3. The quantitative estimate of drug-likeness (QED) is 0.0237. The van der Waals surface area contributed by atoms with Crippen LogP contribution in [-0.4, -0.2) is 150 Å². The summed E-state index contributed by atoms with van der Waals surface area (Å²) in [7, 11) is 0. The van der Waals surface area contributed by atoms with Gasteiger partial charge in [0.2, 0.25) is 23.6 Å². The van der Waals surface area contributed by atoms with E-state index in [1.54, 1.807) is 34.8 Å². The number of unbranched alkanes of at least 4 members (excludes halogenated alkanes) is 7. The Labute approximate surface area is 554 Å². The van der Waals surface area contributed by atoms with Crippen LogP contribution < -0.4 is 25.6 Å². The molecule has 10 rings (SSSR count). The topological polar surface area (TPSA) is 249 Å². The van der Waals surface area contributed by atoms with Gasteiger partial charge in [-0.15, -0.1) is 32.9 Å². The number of carbonyl (C=O) groups excluding carboxylic acids is 4. The number of nitrogens with zero attached hydrogens (tertiary/aromatic N) is 9. The molecule has 24 heteroatoms. The molecule has 5 N–H and O–H groups in total. The molecule has 0 aliphatic carbocycles. The number of thiazole rings is 3. The number of carbonyl (C=O) groups is 5. The zero-order valence-corrected chi connectivity index (χ0v) is 56.1. The van der Waals surface area contributed by atoms with Crippen LogP contribution in [0.3, 0.4) is 0 Å². The van der Waals surface area contributed by atoms with Crippen molar-refractivity contribution < 1.29 is 43.3 Å². The average Bonchev–Trinajstić information content (AvgIpc) is 1.79. The molecule has 2 saturated heterocycles. The number of likely N-dealkylation sites (tertiary alicyclic amines) is 1. The van der Waals surface area contributed by atoms with Gasteiger partial charge in [0.05, 0.1) is 45.6 Å². The number of aryl methyl sites for hydroxylation is 2. The number of aromatic nitrogens is 5. The lowest BCUT2D eigenvalue weighted by Crippen LogP contribution is -2.57. The van der Waals surface area contributed by atoms with Crippen LogP contribution >= 0.6 is 34.0 Å². The molecule has 3 aromatic carbocycles. The summed E-state index contributed by atoms with van der Waals surface area (Å²) >= 11 is 4.43. The van der Waals surface area contributed by atoms with E-state index < -0.39 is 35.4 Å². The fourth-order valence-corrected chi connectivity index (χ4v) is 14.8. The lowest BCUT2D eigenvalue weighted by Gasteiger charge is -2.35. The van der Waals surface area contributed by atoms with Crippen molar-refractivity contribution in [1.29, 1.82) is 0 Å². The molecule has 3 atom stereocenters. The van der Waals surface area contributed by atoms with Crippen molar-refractivity contribution in [3.63, 3.8) is 0 Å². The van der Waals surface area contributed by atoms with E-state index in [4.69, 9.17) is 4.74 Å². The van der Waals surface area contributed by atoms with Crippen LogP contribution in [0.5, 0.6) is 5.75 Å². The number of benzene rings is 3. The Hall–Kier alpha value is -7.95. The number of fused-ring (bicyclic) bond motifs is 2. The molecule has 20 nitrogen and oxygen atoms in total. The Morgan fingerprint density at radius 1 is 0.860 bits per heavy atom. The molecule has 4 aromatic heterocycles. The van der Waals surface area contributed by atoms with Gasteiger partial charge in [0, 0.05) is 86.6 Å². The van der Waals surface area contributed by atoms with E-state index in [0.29, 0.717) is 92.2 Å². The van der Waals surface area contributed by atoms with Crippen LogP contribution in [0.15, 0.2) is 72.2 Å². The summed E-state index contributed by atoms with van der Waals surface area (Å²) in [5, 5.41) is 40.4. The maximum absolute atomic E-state index is 15.3. The summed E-state index contributed by atoms with van der Waals surface area (Å²) in [6, 6.07) is 18.8. The van der Waals surface area contributed by atoms with Crippen molar-refractivity contribution in [2.45, 2.75) is 156 Å². The number of aliphatic hydroxyl groups is 1. The van der Waals surface area contributed by atoms with E-state index in [9.17, 15) is 34.2 Å². The predicted octanol–water partition coefficient (Wildman–Crippen LogP) is 11.2. The van der Waals surface area contributed by atoms with Crippen molar-refractivity contribution in [2.24, 2.45) is 5.41 Å². The molecule has 0 radical (unpaired) electrons. The van der Waals surface area contributed by atoms with Gasteiger partial charge in [0.15, 0.2) is 39.2 Å². The Balaban J connectivity index is 0.568. The number of carboxylic acids is 1. The third kappa shape index (κ3) is 17.8. The van der Waals surface area contributed by atoms with Gasteiger partial charge < -0.3 is 45.6 Å². The van der Waals surface area contributed by atoms with E-state index in [-0.39, 0.29) is 67.6 Å². The minimum Gasteiger partial charge on any atom is -0.491 e. The number of rotatable bonds is 27. The normalized spacial score (nSPS) is 16.2. The summed E-state index contributed by atoms with van der Waals surface area (Å²) < 4.78 is 22.1. The number of piperazine rings is 1. The largest absolute Gasteiger partial charge is 0.491 e. The summed E-state index contributed by atoms with van der Waals surface area (Å²) in [6.07, 6.45) is 10.0. The summed E-state index contributed by atoms with van der Waals surface area (Å²) in [5.74, 6) is 5.19. The van der Waals surface area contributed by atoms with Gasteiger partial charge >= 0.3 is 5.97 Å². The molecule has 93 heavy (non-hydrogen) atoms. The second-order valence-corrected chi connectivity index (χ2v) is 28.2. The number of ether oxygens (including phenoxy) is 1. The van der Waals surface area contributed by atoms with E-state index in [2.05, 4.69) is 57.8 Å². The van der Waals surface area contributed by atoms with E-state index in [0.717, 1.165) is 106 Å². The highest BCUT2D eigenvalue weighted by Gasteiger charge is 2.44. The lowest BCUT2D eigenvalue weighted by atomic mass is 9.85. The lowest BCUT2D eigenvalue weighted by molar-refractivity contribution is -0.144. The monoisotopic (exact) mass is 1320 g/mol. The molecular formula is C69H83FN12O8S3. The van der Waals surface area contributed by atoms with E-state index in [1.165, 1.54) is 22.3 Å². The van der Waals surface area contributed by atoms with Gasteiger partial charge in [0.25, 0.3) is 0 Å². The molecule has 7 aromatic rings. The summed E-state index contributed by atoms with van der Waals surface area (Å²) in [5.41, 5.74) is 7.50. The van der Waals surface area contributed by atoms with Crippen molar-refractivity contribution in [3.8, 4) is 28.0 Å². The van der Waals surface area contributed by atoms with Gasteiger partial charge in [-0.3, -0.25) is 24.1 Å². The second-order valence-electron chi connectivity index (χ2n) is 25.2. The first-order valence-electron chi connectivity index (χ1n) is 32.3. The minimum absolute atomic E-state index is 0.0165. The van der Waals surface area contributed by atoms with Crippen molar-refractivity contribution in [1.82, 2.24) is 50.5 Å². The van der Waals surface area contributed by atoms with Gasteiger partial charge in [-0.05, 0) is 99.2 Å². The highest BCUT2D eigenvalue weighted by Crippen LogP contribution is 2.40. The van der Waals surface area contributed by atoms with Crippen molar-refractivity contribution in [3.05, 3.63) is 117 Å². The first-order valence-corrected chi connectivity index (χ1v) is 34.8. The molecule has 2 fully saturated rings. The van der Waals surface area contributed by atoms with Crippen LogP contribution in [0.4, 0.5) is 26.3 Å². The highest BCUT2D eigenvalue weighted by molar-refractivity contribution is 7.22. The molecule has 3 aliphatic heterocycles. The predicted molar refractivity (Wildman–Crippen MR) is 362 cm³/mol. The van der Waals surface area contributed by atoms with Crippen molar-refractivity contribution >= 4 is 95.7 Å². The third-order valence-electron chi connectivity index (χ3n) is 17.3. The highest BCUT2D eigenvalue weighted by atomic mass is 32.1. The summed E-state index contributed by atoms with van der Waals surface area (Å²) in [6.45, 7) is 13.9. The zero-order chi connectivity index (χ0) is 65.6. The number of para-hydroxylation sites is 1. The van der Waals surface area contributed by atoms with Crippen LogP contribution in [0.25, 0.3) is 20.7 Å². The van der Waals surface area contributed by atoms with Crippen LogP contribution in [0.2, 0.25) is 0 Å². The van der Waals surface area contributed by atoms with Gasteiger partial charge in [-0.25, -0.2) is 24.1 Å². The van der Waals surface area contributed by atoms with Gasteiger partial charge in [-0.1, -0.05) is 119 Å². The molecular weight excluding hydrogens is 1240 g/mol. The minimum atomic E-state index is -1.12. The second kappa shape index (κ2) is 31.8. The molecule has 4 amide bonds. The van der Waals surface area contributed by atoms with Crippen molar-refractivity contribution in [2.75, 3.05) is 62.6 Å². The molecule has 0 spiro atoms. The van der Waals surface area contributed by atoms with Gasteiger partial charge in [-0.2, -0.15) is 0 Å². The maximum Gasteiger partial charge on any atom is 0.355 e. The fraction of sp³-hybridized carbons (Fsp3) is 0.478.